The van der Waals surface area contributed by atoms with Gasteiger partial charge >= 0.3 is 12.4 Å². The van der Waals surface area contributed by atoms with Crippen LogP contribution in [0.15, 0.2) is 35.7 Å². The number of carbonyl (C=O) groups excluding carboxylic acids is 2. The molecule has 0 bridgehead atoms. The third-order valence-corrected chi connectivity index (χ3v) is 5.87. The minimum atomic E-state index is -5.06. The van der Waals surface area contributed by atoms with Crippen LogP contribution in [0.5, 0.6) is 0 Å². The van der Waals surface area contributed by atoms with E-state index in [4.69, 9.17) is 0 Å². The number of rotatable bonds is 5. The molecule has 0 atom stereocenters. The Labute approximate surface area is 185 Å². The summed E-state index contributed by atoms with van der Waals surface area (Å²) in [5, 5.41) is 6.46. The first-order chi connectivity index (χ1) is 14.8. The number of thiophene rings is 1. The number of nitrogens with zero attached hydrogens (tertiary/aromatic N) is 1. The zero-order valence-electron chi connectivity index (χ0n) is 16.0. The predicted molar refractivity (Wildman–Crippen MR) is 107 cm³/mol. The second kappa shape index (κ2) is 8.90. The second-order valence-corrected chi connectivity index (χ2v) is 8.49. The summed E-state index contributed by atoms with van der Waals surface area (Å²) in [6, 6.07) is 4.17. The quantitative estimate of drug-likeness (QED) is 0.442. The first-order valence-corrected chi connectivity index (χ1v) is 10.4. The van der Waals surface area contributed by atoms with Gasteiger partial charge in [0.2, 0.25) is 5.91 Å². The Morgan fingerprint density at radius 3 is 2.19 bits per heavy atom. The molecule has 3 aromatic rings. The number of amides is 2. The number of halogens is 6. The number of aromatic nitrogens is 1. The number of carbonyl (C=O) groups is 2. The number of hydrogen-bond donors (Lipinski definition) is 2. The smallest absolute Gasteiger partial charge is 0.351 e. The van der Waals surface area contributed by atoms with E-state index in [1.165, 1.54) is 18.3 Å². The summed E-state index contributed by atoms with van der Waals surface area (Å²) in [6.07, 6.45) is -10.1. The van der Waals surface area contributed by atoms with Crippen LogP contribution in [0.2, 0.25) is 0 Å². The van der Waals surface area contributed by atoms with Gasteiger partial charge in [0.15, 0.2) is 5.13 Å². The summed E-state index contributed by atoms with van der Waals surface area (Å²) in [7, 11) is 0. The SMILES string of the molecule is CC(=O)NCc1ccc(-c2csc(NC(=O)c3cc(C(F)(F)F)cc(C(F)(F)F)c3)n2)s1. The van der Waals surface area contributed by atoms with Crippen molar-refractivity contribution in [1.29, 1.82) is 0 Å². The van der Waals surface area contributed by atoms with Crippen molar-refractivity contribution in [2.24, 2.45) is 0 Å². The van der Waals surface area contributed by atoms with Crippen molar-refractivity contribution in [1.82, 2.24) is 10.3 Å². The van der Waals surface area contributed by atoms with Crippen LogP contribution >= 0.6 is 22.7 Å². The van der Waals surface area contributed by atoms with Gasteiger partial charge in [0, 0.05) is 22.7 Å². The minimum Gasteiger partial charge on any atom is -0.351 e. The summed E-state index contributed by atoms with van der Waals surface area (Å²) in [5.41, 5.74) is -3.49. The molecule has 0 aliphatic carbocycles. The number of hydrogen-bond acceptors (Lipinski definition) is 5. The van der Waals surface area contributed by atoms with E-state index in [0.717, 1.165) is 16.2 Å². The largest absolute Gasteiger partial charge is 0.416 e. The molecule has 1 aromatic carbocycles. The topological polar surface area (TPSA) is 71.1 Å². The van der Waals surface area contributed by atoms with Gasteiger partial charge in [0.25, 0.3) is 5.91 Å². The van der Waals surface area contributed by atoms with Gasteiger partial charge in [-0.3, -0.25) is 14.9 Å². The third-order valence-electron chi connectivity index (χ3n) is 4.00. The van der Waals surface area contributed by atoms with Crippen molar-refractivity contribution >= 4 is 39.6 Å². The van der Waals surface area contributed by atoms with Gasteiger partial charge in [-0.25, -0.2) is 4.98 Å². The maximum absolute atomic E-state index is 13.0. The lowest BCUT2D eigenvalue weighted by Crippen LogP contribution is -2.17. The van der Waals surface area contributed by atoms with Crippen LogP contribution in [0.25, 0.3) is 10.6 Å². The van der Waals surface area contributed by atoms with E-state index in [1.54, 1.807) is 17.5 Å². The zero-order chi connectivity index (χ0) is 23.7. The molecule has 170 valence electrons. The highest BCUT2D eigenvalue weighted by atomic mass is 32.1. The first kappa shape index (κ1) is 23.7. The lowest BCUT2D eigenvalue weighted by atomic mass is 10.0. The molecule has 2 aromatic heterocycles. The average Bonchev–Trinajstić information content (AvgIpc) is 3.34. The van der Waals surface area contributed by atoms with Crippen molar-refractivity contribution in [3.63, 3.8) is 0 Å². The minimum absolute atomic E-state index is 0.00720. The number of thiazole rings is 1. The van der Waals surface area contributed by atoms with Gasteiger partial charge in [0.1, 0.15) is 0 Å². The number of nitrogens with one attached hydrogen (secondary N) is 2. The fraction of sp³-hybridized carbons (Fsp3) is 0.211. The second-order valence-electron chi connectivity index (χ2n) is 6.46. The van der Waals surface area contributed by atoms with Crippen LogP contribution in [0.3, 0.4) is 0 Å². The fourth-order valence-electron chi connectivity index (χ4n) is 2.52. The molecule has 0 aliphatic heterocycles. The van der Waals surface area contributed by atoms with Crippen LogP contribution in [-0.4, -0.2) is 16.8 Å². The van der Waals surface area contributed by atoms with Crippen molar-refractivity contribution in [2.75, 3.05) is 5.32 Å². The van der Waals surface area contributed by atoms with Crippen molar-refractivity contribution in [3.8, 4) is 10.6 Å². The Bertz CT molecular complexity index is 1120. The molecule has 2 N–H and O–H groups in total. The van der Waals surface area contributed by atoms with Gasteiger partial charge in [0.05, 0.1) is 28.2 Å². The Morgan fingerprint density at radius 2 is 1.62 bits per heavy atom. The molecule has 5 nitrogen and oxygen atoms in total. The molecule has 0 unspecified atom stereocenters. The average molecular weight is 493 g/mol. The molecule has 2 amide bonds. The van der Waals surface area contributed by atoms with Gasteiger partial charge in [-0.1, -0.05) is 0 Å². The predicted octanol–water partition coefficient (Wildman–Crippen LogP) is 5.80. The molecular formula is C19H13F6N3O2S2. The van der Waals surface area contributed by atoms with Gasteiger partial charge in [-0.15, -0.1) is 22.7 Å². The number of benzene rings is 1. The van der Waals surface area contributed by atoms with Gasteiger partial charge in [-0.05, 0) is 30.3 Å². The van der Waals surface area contributed by atoms with E-state index in [-0.39, 0.29) is 17.1 Å². The Balaban J connectivity index is 1.80. The Hall–Kier alpha value is -2.93. The van der Waals surface area contributed by atoms with E-state index in [2.05, 4.69) is 15.6 Å². The van der Waals surface area contributed by atoms with Crippen LogP contribution < -0.4 is 10.6 Å². The highest BCUT2D eigenvalue weighted by molar-refractivity contribution is 7.17. The number of anilines is 1. The lowest BCUT2D eigenvalue weighted by molar-refractivity contribution is -0.143. The normalized spacial score (nSPS) is 12.0. The molecule has 3 rings (SSSR count). The fourth-order valence-corrected chi connectivity index (χ4v) is 4.21. The molecule has 32 heavy (non-hydrogen) atoms. The van der Waals surface area contributed by atoms with Crippen molar-refractivity contribution in [3.05, 3.63) is 57.3 Å². The van der Waals surface area contributed by atoms with Crippen LogP contribution in [0, 0.1) is 0 Å². The van der Waals surface area contributed by atoms with E-state index < -0.39 is 35.0 Å². The lowest BCUT2D eigenvalue weighted by Gasteiger charge is -2.13. The summed E-state index contributed by atoms with van der Waals surface area (Å²) < 4.78 is 77.9. The monoisotopic (exact) mass is 493 g/mol. The molecule has 0 spiro atoms. The maximum Gasteiger partial charge on any atom is 0.416 e. The van der Waals surface area contributed by atoms with Crippen molar-refractivity contribution in [2.45, 2.75) is 25.8 Å². The van der Waals surface area contributed by atoms with Crippen LogP contribution in [0.1, 0.15) is 33.3 Å². The van der Waals surface area contributed by atoms with E-state index >= 15 is 0 Å². The summed E-state index contributed by atoms with van der Waals surface area (Å²) >= 11 is 2.30. The van der Waals surface area contributed by atoms with Crippen LogP contribution in [0.4, 0.5) is 31.5 Å². The molecule has 0 saturated carbocycles. The summed E-state index contributed by atoms with van der Waals surface area (Å²) in [5.74, 6) is -1.35. The van der Waals surface area contributed by atoms with E-state index in [9.17, 15) is 35.9 Å². The molecule has 0 saturated heterocycles. The standard InChI is InChI=1S/C19H13F6N3O2S2/c1-9(29)26-7-13-2-3-15(32-13)14-8-31-17(27-14)28-16(30)10-4-11(18(20,21)22)6-12(5-10)19(23,24)25/h2-6,8H,7H2,1H3,(H,26,29)(H,27,28,30). The molecule has 0 aliphatic rings. The Kier molecular flexibility index (Phi) is 6.60. The highest BCUT2D eigenvalue weighted by Crippen LogP contribution is 2.37. The highest BCUT2D eigenvalue weighted by Gasteiger charge is 2.37. The molecule has 0 fully saturated rings. The third kappa shape index (κ3) is 5.85. The summed E-state index contributed by atoms with van der Waals surface area (Å²) in [6.45, 7) is 1.71. The zero-order valence-corrected chi connectivity index (χ0v) is 17.7. The van der Waals surface area contributed by atoms with E-state index in [1.807, 2.05) is 0 Å². The van der Waals surface area contributed by atoms with E-state index in [0.29, 0.717) is 29.2 Å². The maximum atomic E-state index is 13.0. The van der Waals surface area contributed by atoms with Gasteiger partial charge in [-0.2, -0.15) is 26.3 Å². The van der Waals surface area contributed by atoms with Crippen LogP contribution in [-0.2, 0) is 23.7 Å². The molecule has 2 heterocycles. The first-order valence-electron chi connectivity index (χ1n) is 8.73. The Morgan fingerprint density at radius 1 is 1.00 bits per heavy atom. The van der Waals surface area contributed by atoms with Gasteiger partial charge < -0.3 is 5.32 Å². The number of alkyl halides is 6. The summed E-state index contributed by atoms with van der Waals surface area (Å²) in [4.78, 5) is 29.1. The van der Waals surface area contributed by atoms with Crippen molar-refractivity contribution < 1.29 is 35.9 Å². The molecule has 13 heteroatoms. The molecule has 0 radical (unpaired) electrons. The molecular weight excluding hydrogens is 480 g/mol.